The van der Waals surface area contributed by atoms with Crippen LogP contribution in [-0.2, 0) is 98.5 Å². The fourth-order valence-electron chi connectivity index (χ4n) is 17.2. The van der Waals surface area contributed by atoms with E-state index in [4.69, 9.17) is 85.9 Å². The Morgan fingerprint density at radius 1 is 0.426 bits per heavy atom. The lowest BCUT2D eigenvalue weighted by molar-refractivity contribution is 0.00578. The number of halogens is 4. The van der Waals surface area contributed by atoms with Crippen LogP contribution in [0.5, 0.6) is 0 Å². The number of aryl methyl sites for hydroxylation is 6. The molecular formula is C102H126BCl4N19O12S3. The summed E-state index contributed by atoms with van der Waals surface area (Å²) in [6.45, 7) is 31.6. The molecule has 3 saturated carbocycles. The standard InChI is InChI=1S/C34H41ClN6O4S.C29H33ClN6O2S.C27H41BN4O4.C12H11Cl2N3O2S/c1-6-21-18-28(40-41-29(21)20-46(43,44)30-11-9-8-10-27(30)35)23-16-22(7-2)31-24(17-23)19-36-32(39-31)37-25-12-14-26(15-13-25)38-33(42)45-34(3,4)5;1-3-18-15-25(35-36-26(18)17-39(37,38)27-8-6-5-7-24(27)30)20-13-19(4-2)28-21(14-20)16-32-29(34-28)33-23-11-9-22(31)10-12-23;1-9-17-14-19(28-35-26(5,6)27(7,8)36-28)15-18-16-29-23(32-22(17)18)30-20-10-12-21(13-11-20)31-24(33)34-25(2,3)4;1-2-8-7-11(14)15-16-12(8)17-20(18,19)10-6-4-3-5-9(10)13/h8-11,16-19,25-26H,6-7,12-15,20H2,1-5H3,(H,38,42)(H,36,37,39);5-8,13-16,22-23H,3-4,9-12,17,31H2,1-2H3,(H,32,33,34);14-16,20-21H,9-13H2,1-8H3,(H,31,33)(H,29,30,32);3-7H,2H2,1H3,(H,16,17). The number of nitrogens with one attached hydrogen (secondary N) is 6. The zero-order valence-corrected chi connectivity index (χ0v) is 88.1. The number of nitrogens with two attached hydrogens (primary N) is 1. The number of rotatable bonds is 26. The normalized spacial score (nSPS) is 18.1. The third kappa shape index (κ3) is 28.2. The highest BCUT2D eigenvalue weighted by Gasteiger charge is 2.52. The van der Waals surface area contributed by atoms with Crippen LogP contribution in [0, 0.1) is 0 Å². The molecule has 1 saturated heterocycles. The van der Waals surface area contributed by atoms with Gasteiger partial charge < -0.3 is 51.1 Å². The molecule has 2 amide bonds. The third-order valence-corrected chi connectivity index (χ3v) is 31.8. The van der Waals surface area contributed by atoms with Crippen molar-refractivity contribution in [2.24, 2.45) is 5.73 Å². The summed E-state index contributed by atoms with van der Waals surface area (Å²) in [5.74, 6) is 1.47. The van der Waals surface area contributed by atoms with E-state index in [1.807, 2.05) is 105 Å². The molecule has 39 heteroatoms. The topological polar surface area (TPSA) is 426 Å². The second-order valence-corrected chi connectivity index (χ2v) is 46.0. The van der Waals surface area contributed by atoms with Crippen LogP contribution in [0.3, 0.4) is 0 Å². The van der Waals surface area contributed by atoms with E-state index in [9.17, 15) is 34.8 Å². The van der Waals surface area contributed by atoms with E-state index in [-0.39, 0.29) is 99.8 Å². The molecule has 4 fully saturated rings. The lowest BCUT2D eigenvalue weighted by Gasteiger charge is -2.32. The number of aromatic nitrogens is 12. The lowest BCUT2D eigenvalue weighted by atomic mass is 9.77. The quantitative estimate of drug-likeness (QED) is 0.0248. The average molecular weight is 2060 g/mol. The Morgan fingerprint density at radius 2 is 0.773 bits per heavy atom. The molecule has 8 N–H and O–H groups in total. The maximum absolute atomic E-state index is 13.1. The summed E-state index contributed by atoms with van der Waals surface area (Å²) in [4.78, 5) is 52.8. The van der Waals surface area contributed by atoms with Gasteiger partial charge in [0.15, 0.2) is 30.6 Å². The molecule has 141 heavy (non-hydrogen) atoms. The zero-order valence-electron chi connectivity index (χ0n) is 82.6. The van der Waals surface area contributed by atoms with Gasteiger partial charge in [-0.15, -0.1) is 10.2 Å². The Labute approximate surface area is 847 Å². The number of fused-ring (bicyclic) bond motifs is 3. The van der Waals surface area contributed by atoms with Crippen molar-refractivity contribution in [1.82, 2.24) is 71.1 Å². The molecule has 750 valence electrons. The fraction of sp³-hybridized carbons (Fsp3) is 0.451. The maximum Gasteiger partial charge on any atom is 0.494 e. The molecule has 1 aliphatic heterocycles. The summed E-state index contributed by atoms with van der Waals surface area (Å²) in [5.41, 5.74) is 17.5. The number of sulfonamides is 1. The first-order valence-electron chi connectivity index (χ1n) is 48.1. The van der Waals surface area contributed by atoms with Gasteiger partial charge in [-0.2, -0.15) is 20.4 Å². The number of carbonyl (C=O) groups excluding carboxylic acids is 2. The van der Waals surface area contributed by atoms with Crippen molar-refractivity contribution < 1.29 is 53.6 Å². The van der Waals surface area contributed by atoms with Crippen LogP contribution in [0.2, 0.25) is 20.2 Å². The summed E-state index contributed by atoms with van der Waals surface area (Å²) in [6.07, 6.45) is 20.2. The van der Waals surface area contributed by atoms with Crippen LogP contribution in [0.1, 0.15) is 233 Å². The monoisotopic (exact) mass is 2060 g/mol. The first-order chi connectivity index (χ1) is 66.8. The maximum atomic E-state index is 13.1. The largest absolute Gasteiger partial charge is 0.494 e. The van der Waals surface area contributed by atoms with Crippen molar-refractivity contribution >= 4 is 157 Å². The second-order valence-electron chi connectivity index (χ2n) is 38.8. The molecule has 0 atom stereocenters. The molecule has 0 spiro atoms. The number of carbonyl (C=O) groups is 2. The van der Waals surface area contributed by atoms with Crippen LogP contribution in [0.15, 0.2) is 161 Å². The third-order valence-electron chi connectivity index (χ3n) is 25.5. The van der Waals surface area contributed by atoms with Crippen molar-refractivity contribution in [2.75, 3.05) is 20.7 Å². The predicted octanol–water partition coefficient (Wildman–Crippen LogP) is 20.5. The number of anilines is 4. The van der Waals surface area contributed by atoms with E-state index >= 15 is 0 Å². The van der Waals surface area contributed by atoms with Crippen LogP contribution in [-0.4, -0.2) is 164 Å². The molecule has 6 aromatic carbocycles. The van der Waals surface area contributed by atoms with Gasteiger partial charge in [-0.1, -0.05) is 136 Å². The number of alkyl carbamates (subject to hydrolysis) is 2. The highest BCUT2D eigenvalue weighted by Crippen LogP contribution is 2.40. The molecule has 6 aromatic heterocycles. The van der Waals surface area contributed by atoms with Crippen molar-refractivity contribution in [3.05, 3.63) is 211 Å². The second kappa shape index (κ2) is 46.3. The van der Waals surface area contributed by atoms with Crippen molar-refractivity contribution in [1.29, 1.82) is 0 Å². The minimum atomic E-state index is -3.82. The summed E-state index contributed by atoms with van der Waals surface area (Å²) in [6, 6.07) is 38.2. The van der Waals surface area contributed by atoms with Gasteiger partial charge in [0.05, 0.1) is 86.9 Å². The molecule has 3 aliphatic carbocycles. The summed E-state index contributed by atoms with van der Waals surface area (Å²) >= 11 is 24.0. The number of hydrogen-bond donors (Lipinski definition) is 7. The van der Waals surface area contributed by atoms with Gasteiger partial charge in [0.1, 0.15) is 16.1 Å². The molecule has 12 aromatic rings. The lowest BCUT2D eigenvalue weighted by Crippen LogP contribution is -2.42. The van der Waals surface area contributed by atoms with Crippen LogP contribution >= 0.6 is 46.4 Å². The number of benzene rings is 6. The molecule has 0 bridgehead atoms. The highest BCUT2D eigenvalue weighted by atomic mass is 35.5. The summed E-state index contributed by atoms with van der Waals surface area (Å²) < 4.78 is 103. The Bertz CT molecular complexity index is 6850. The Morgan fingerprint density at radius 3 is 1.14 bits per heavy atom. The number of ether oxygens (including phenoxy) is 2. The Balaban J connectivity index is 0.000000163. The molecule has 4 aliphatic rings. The molecular weight excluding hydrogens is 1930 g/mol. The Hall–Kier alpha value is -10.7. The van der Waals surface area contributed by atoms with Gasteiger partial charge in [0.2, 0.25) is 17.8 Å². The first-order valence-corrected chi connectivity index (χ1v) is 54.4. The molecule has 16 rings (SSSR count). The van der Waals surface area contributed by atoms with Gasteiger partial charge >= 0.3 is 19.3 Å². The first kappa shape index (κ1) is 108. The van der Waals surface area contributed by atoms with Crippen LogP contribution < -0.4 is 42.5 Å². The van der Waals surface area contributed by atoms with Crippen molar-refractivity contribution in [3.63, 3.8) is 0 Å². The van der Waals surface area contributed by atoms with Crippen molar-refractivity contribution in [3.8, 4) is 22.5 Å². The van der Waals surface area contributed by atoms with Crippen LogP contribution in [0.25, 0.3) is 55.2 Å². The predicted molar refractivity (Wildman–Crippen MR) is 559 cm³/mol. The minimum absolute atomic E-state index is 0.0135. The molecule has 0 radical (unpaired) electrons. The molecule has 7 heterocycles. The van der Waals surface area contributed by atoms with Crippen molar-refractivity contribution in [2.45, 2.75) is 311 Å². The number of hydrogen-bond acceptors (Lipinski definition) is 28. The van der Waals surface area contributed by atoms with Gasteiger partial charge in [0.25, 0.3) is 10.0 Å². The highest BCUT2D eigenvalue weighted by molar-refractivity contribution is 7.93. The number of sulfone groups is 2. The van der Waals surface area contributed by atoms with Crippen LogP contribution in [0.4, 0.5) is 33.3 Å². The van der Waals surface area contributed by atoms with Gasteiger partial charge in [-0.3, -0.25) is 4.72 Å². The van der Waals surface area contributed by atoms with Gasteiger partial charge in [-0.25, -0.2) is 64.7 Å². The van der Waals surface area contributed by atoms with Gasteiger partial charge in [0, 0.05) is 87.7 Å². The Kier molecular flexibility index (Phi) is 35.3. The summed E-state index contributed by atoms with van der Waals surface area (Å²) in [7, 11) is -11.6. The minimum Gasteiger partial charge on any atom is -0.444 e. The SMILES string of the molecule is CCc1cc(-c2cc(CC)c3nc(NC4CCC(N)CC4)ncc3c2)nnc1CS(=O)(=O)c1ccccc1Cl.CCc1cc(-c2cc(CC)c3nc(NC4CCC(NC(=O)OC(C)(C)C)CC4)ncc3c2)nnc1CS(=O)(=O)c1ccccc1Cl.CCc1cc(B2OC(C)(C)C(C)(C)O2)cc2cnc(NC3CCC(NC(=O)OC(C)(C)C)CC3)nc12.CCc1cc(Cl)nnc1NS(=O)(=O)c1ccccc1Cl. The molecule has 31 nitrogen and oxygen atoms in total. The van der Waals surface area contributed by atoms with E-state index in [1.54, 1.807) is 54.6 Å². The average Bonchev–Trinajstić information content (AvgIpc) is 1.60. The molecule has 0 unspecified atom stereocenters. The fourth-order valence-corrected chi connectivity index (χ4v) is 22.7. The van der Waals surface area contributed by atoms with E-state index < -0.39 is 48.0 Å². The smallest absolute Gasteiger partial charge is 0.444 e. The number of nitrogens with zero attached hydrogens (tertiary/aromatic N) is 12. The zero-order chi connectivity index (χ0) is 102. The summed E-state index contributed by atoms with van der Waals surface area (Å²) in [5, 5.41) is 45.0. The van der Waals surface area contributed by atoms with E-state index in [0.717, 1.165) is 173 Å². The van der Waals surface area contributed by atoms with E-state index in [2.05, 4.69) is 150 Å². The number of amides is 2. The van der Waals surface area contributed by atoms with E-state index in [0.29, 0.717) is 77.5 Å². The van der Waals surface area contributed by atoms with Gasteiger partial charge in [-0.05, 0) is 297 Å². The van der Waals surface area contributed by atoms with E-state index in [1.165, 1.54) is 24.3 Å².